The molecule has 0 fully saturated rings. The number of aryl methyl sites for hydroxylation is 1. The van der Waals surface area contributed by atoms with Gasteiger partial charge in [0.1, 0.15) is 6.04 Å². The van der Waals surface area contributed by atoms with E-state index in [9.17, 15) is 4.79 Å². The van der Waals surface area contributed by atoms with Crippen molar-refractivity contribution in [3.05, 3.63) is 59.4 Å². The molecule has 1 unspecified atom stereocenters. The summed E-state index contributed by atoms with van der Waals surface area (Å²) < 4.78 is 0. The second kappa shape index (κ2) is 5.95. The van der Waals surface area contributed by atoms with Crippen LogP contribution in [0.4, 0.5) is 5.69 Å². The van der Waals surface area contributed by atoms with E-state index in [1.54, 1.807) is 6.20 Å². The SMILES string of the molecule is CCc1cccnc1CNC(=O)C1Cc2ccccc2N1. The summed E-state index contributed by atoms with van der Waals surface area (Å²) in [4.78, 5) is 16.6. The van der Waals surface area contributed by atoms with Gasteiger partial charge in [-0.25, -0.2) is 0 Å². The van der Waals surface area contributed by atoms with Gasteiger partial charge in [-0.2, -0.15) is 0 Å². The first-order valence-electron chi connectivity index (χ1n) is 7.33. The van der Waals surface area contributed by atoms with Crippen molar-refractivity contribution >= 4 is 11.6 Å². The van der Waals surface area contributed by atoms with Gasteiger partial charge in [0.25, 0.3) is 0 Å². The summed E-state index contributed by atoms with van der Waals surface area (Å²) in [5.74, 6) is 0.0268. The Balaban J connectivity index is 1.61. The van der Waals surface area contributed by atoms with Crippen LogP contribution >= 0.6 is 0 Å². The number of pyridine rings is 1. The lowest BCUT2D eigenvalue weighted by atomic mass is 10.1. The number of para-hydroxylation sites is 1. The van der Waals surface area contributed by atoms with Crippen LogP contribution in [0.25, 0.3) is 0 Å². The lowest BCUT2D eigenvalue weighted by Crippen LogP contribution is -2.38. The summed E-state index contributed by atoms with van der Waals surface area (Å²) in [5, 5.41) is 6.25. The highest BCUT2D eigenvalue weighted by atomic mass is 16.2. The molecule has 1 atom stereocenters. The number of carbonyl (C=O) groups is 1. The number of amides is 1. The van der Waals surface area contributed by atoms with E-state index in [1.165, 1.54) is 11.1 Å². The normalized spacial score (nSPS) is 16.1. The molecule has 0 aliphatic carbocycles. The standard InChI is InChI=1S/C17H19N3O/c1-2-12-7-5-9-18-16(12)11-19-17(21)15-10-13-6-3-4-8-14(13)20-15/h3-9,15,20H,2,10-11H2,1H3,(H,19,21). The number of aromatic nitrogens is 1. The summed E-state index contributed by atoms with van der Waals surface area (Å²) >= 11 is 0. The molecule has 4 heteroatoms. The van der Waals surface area contributed by atoms with E-state index < -0.39 is 0 Å². The topological polar surface area (TPSA) is 54.0 Å². The minimum atomic E-state index is -0.184. The van der Waals surface area contributed by atoms with Crippen molar-refractivity contribution in [2.24, 2.45) is 0 Å². The molecule has 1 aliphatic heterocycles. The van der Waals surface area contributed by atoms with E-state index in [1.807, 2.05) is 24.3 Å². The number of hydrogen-bond donors (Lipinski definition) is 2. The van der Waals surface area contributed by atoms with E-state index in [-0.39, 0.29) is 11.9 Å². The molecular formula is C17H19N3O. The Morgan fingerprint density at radius 2 is 2.19 bits per heavy atom. The van der Waals surface area contributed by atoms with Crippen LogP contribution < -0.4 is 10.6 Å². The van der Waals surface area contributed by atoms with Crippen LogP contribution in [0.1, 0.15) is 23.7 Å². The smallest absolute Gasteiger partial charge is 0.243 e. The second-order valence-electron chi connectivity index (χ2n) is 5.24. The van der Waals surface area contributed by atoms with Crippen molar-refractivity contribution in [3.8, 4) is 0 Å². The zero-order valence-corrected chi connectivity index (χ0v) is 12.1. The molecule has 2 heterocycles. The molecule has 4 nitrogen and oxygen atoms in total. The first-order valence-corrected chi connectivity index (χ1v) is 7.33. The average Bonchev–Trinajstić information content (AvgIpc) is 2.97. The number of hydrogen-bond acceptors (Lipinski definition) is 3. The maximum atomic E-state index is 12.3. The van der Waals surface area contributed by atoms with E-state index in [0.29, 0.717) is 6.54 Å². The number of nitrogens with zero attached hydrogens (tertiary/aromatic N) is 1. The maximum Gasteiger partial charge on any atom is 0.243 e. The summed E-state index contributed by atoms with van der Waals surface area (Å²) in [6, 6.07) is 11.9. The average molecular weight is 281 g/mol. The second-order valence-corrected chi connectivity index (χ2v) is 5.24. The van der Waals surface area contributed by atoms with Gasteiger partial charge in [-0.3, -0.25) is 9.78 Å². The number of carbonyl (C=O) groups excluding carboxylic acids is 1. The fourth-order valence-corrected chi connectivity index (χ4v) is 2.70. The van der Waals surface area contributed by atoms with Crippen LogP contribution in [0.3, 0.4) is 0 Å². The van der Waals surface area contributed by atoms with E-state index >= 15 is 0 Å². The van der Waals surface area contributed by atoms with Gasteiger partial charge in [0.05, 0.1) is 12.2 Å². The zero-order valence-electron chi connectivity index (χ0n) is 12.1. The van der Waals surface area contributed by atoms with Crippen molar-refractivity contribution in [3.63, 3.8) is 0 Å². The monoisotopic (exact) mass is 281 g/mol. The van der Waals surface area contributed by atoms with Gasteiger partial charge >= 0.3 is 0 Å². The molecule has 0 spiro atoms. The molecule has 3 rings (SSSR count). The summed E-state index contributed by atoms with van der Waals surface area (Å²) in [5.41, 5.74) is 4.39. The summed E-state index contributed by atoms with van der Waals surface area (Å²) in [6.07, 6.45) is 3.43. The fourth-order valence-electron chi connectivity index (χ4n) is 2.70. The minimum absolute atomic E-state index is 0.0268. The van der Waals surface area contributed by atoms with E-state index in [2.05, 4.69) is 34.7 Å². The number of anilines is 1. The van der Waals surface area contributed by atoms with Crippen molar-refractivity contribution < 1.29 is 4.79 Å². The lowest BCUT2D eigenvalue weighted by Gasteiger charge is -2.13. The molecule has 0 radical (unpaired) electrons. The quantitative estimate of drug-likeness (QED) is 0.904. The Morgan fingerprint density at radius 3 is 3.00 bits per heavy atom. The molecule has 1 aromatic carbocycles. The van der Waals surface area contributed by atoms with E-state index in [4.69, 9.17) is 0 Å². The summed E-state index contributed by atoms with van der Waals surface area (Å²) in [6.45, 7) is 2.58. The largest absolute Gasteiger partial charge is 0.373 e. The number of rotatable bonds is 4. The van der Waals surface area contributed by atoms with Gasteiger partial charge in [-0.05, 0) is 29.7 Å². The lowest BCUT2D eigenvalue weighted by molar-refractivity contribution is -0.121. The Hall–Kier alpha value is -2.36. The molecule has 0 saturated heterocycles. The molecule has 2 aromatic rings. The van der Waals surface area contributed by atoms with Crippen LogP contribution in [0.2, 0.25) is 0 Å². The molecule has 108 valence electrons. The van der Waals surface area contributed by atoms with Crippen LogP contribution in [-0.2, 0) is 24.2 Å². The number of benzene rings is 1. The third-order valence-electron chi connectivity index (χ3n) is 3.88. The molecule has 1 amide bonds. The number of nitrogens with one attached hydrogen (secondary N) is 2. The van der Waals surface area contributed by atoms with Crippen molar-refractivity contribution in [2.75, 3.05) is 5.32 Å². The predicted molar refractivity (Wildman–Crippen MR) is 83.0 cm³/mol. The molecule has 1 aliphatic rings. The molecule has 2 N–H and O–H groups in total. The Labute approximate surface area is 124 Å². The van der Waals surface area contributed by atoms with Gasteiger partial charge in [0, 0.05) is 18.3 Å². The Kier molecular flexibility index (Phi) is 3.86. The third-order valence-corrected chi connectivity index (χ3v) is 3.88. The molecule has 21 heavy (non-hydrogen) atoms. The van der Waals surface area contributed by atoms with Crippen LogP contribution in [0.15, 0.2) is 42.6 Å². The zero-order chi connectivity index (χ0) is 14.7. The maximum absolute atomic E-state index is 12.3. The predicted octanol–water partition coefficient (Wildman–Crippen LogP) is 2.30. The molecule has 1 aromatic heterocycles. The highest BCUT2D eigenvalue weighted by molar-refractivity contribution is 5.87. The first-order chi connectivity index (χ1) is 10.3. The van der Waals surface area contributed by atoms with Crippen molar-refractivity contribution in [2.45, 2.75) is 32.4 Å². The van der Waals surface area contributed by atoms with E-state index in [0.717, 1.165) is 24.2 Å². The highest BCUT2D eigenvalue weighted by Crippen LogP contribution is 2.25. The van der Waals surface area contributed by atoms with Crippen molar-refractivity contribution in [1.29, 1.82) is 0 Å². The van der Waals surface area contributed by atoms with Gasteiger partial charge < -0.3 is 10.6 Å². The van der Waals surface area contributed by atoms with Crippen LogP contribution in [0.5, 0.6) is 0 Å². The van der Waals surface area contributed by atoms with Gasteiger partial charge in [0.2, 0.25) is 5.91 Å². The molecule has 0 bridgehead atoms. The van der Waals surface area contributed by atoms with Crippen molar-refractivity contribution in [1.82, 2.24) is 10.3 Å². The Morgan fingerprint density at radius 1 is 1.33 bits per heavy atom. The third kappa shape index (κ3) is 2.89. The Bertz CT molecular complexity index is 629. The molecular weight excluding hydrogens is 262 g/mol. The minimum Gasteiger partial charge on any atom is -0.373 e. The highest BCUT2D eigenvalue weighted by Gasteiger charge is 2.26. The van der Waals surface area contributed by atoms with Crippen LogP contribution in [0, 0.1) is 0 Å². The van der Waals surface area contributed by atoms with Crippen LogP contribution in [-0.4, -0.2) is 16.9 Å². The van der Waals surface area contributed by atoms with Gasteiger partial charge in [-0.1, -0.05) is 31.2 Å². The number of fused-ring (bicyclic) bond motifs is 1. The molecule has 0 saturated carbocycles. The summed E-state index contributed by atoms with van der Waals surface area (Å²) in [7, 11) is 0. The first kappa shape index (κ1) is 13.6. The fraction of sp³-hybridized carbons (Fsp3) is 0.294. The van der Waals surface area contributed by atoms with Gasteiger partial charge in [0.15, 0.2) is 0 Å². The van der Waals surface area contributed by atoms with Gasteiger partial charge in [-0.15, -0.1) is 0 Å².